The number of carbonyl (C=O) groups is 1. The van der Waals surface area contributed by atoms with Crippen LogP contribution in [0.2, 0.25) is 0 Å². The summed E-state index contributed by atoms with van der Waals surface area (Å²) in [6.07, 6.45) is 0. The van der Waals surface area contributed by atoms with E-state index in [0.29, 0.717) is 11.3 Å². The molecule has 0 fully saturated rings. The van der Waals surface area contributed by atoms with E-state index in [1.807, 2.05) is 24.3 Å². The molecule has 0 saturated heterocycles. The van der Waals surface area contributed by atoms with Crippen LogP contribution in [0.3, 0.4) is 0 Å². The summed E-state index contributed by atoms with van der Waals surface area (Å²) in [5.74, 6) is 0.513. The maximum Gasteiger partial charge on any atom is 0.256 e. The number of fused-ring (bicyclic) bond motifs is 1. The van der Waals surface area contributed by atoms with Gasteiger partial charge in [0.2, 0.25) is 0 Å². The summed E-state index contributed by atoms with van der Waals surface area (Å²) in [6, 6.07) is 9.33. The molecule has 0 spiro atoms. The van der Waals surface area contributed by atoms with Crippen molar-refractivity contribution >= 4 is 43.5 Å². The average molecular weight is 300 g/mol. The maximum absolute atomic E-state index is 11.3. The topological polar surface area (TPSA) is 26.3 Å². The highest BCUT2D eigenvalue weighted by Crippen LogP contribution is 2.35. The van der Waals surface area contributed by atoms with Crippen molar-refractivity contribution in [2.45, 2.75) is 0 Å². The lowest BCUT2D eigenvalue weighted by atomic mass is 10.1. The Morgan fingerprint density at radius 2 is 1.94 bits per heavy atom. The maximum atomic E-state index is 11.3. The van der Waals surface area contributed by atoms with E-state index in [1.54, 1.807) is 6.07 Å². The Bertz CT molecular complexity index is 566. The minimum absolute atomic E-state index is 0.370. The molecule has 16 heavy (non-hydrogen) atoms. The number of hydrogen-bond acceptors (Lipinski definition) is 2. The third-order valence-electron chi connectivity index (χ3n) is 2.36. The SMILES string of the molecule is COc1c(C(=O)Cl)cc(Br)c2ccccc12. The van der Waals surface area contributed by atoms with E-state index in [2.05, 4.69) is 15.9 Å². The van der Waals surface area contributed by atoms with Gasteiger partial charge in [-0.15, -0.1) is 0 Å². The van der Waals surface area contributed by atoms with Crippen molar-refractivity contribution in [2.24, 2.45) is 0 Å². The number of benzene rings is 2. The first kappa shape index (κ1) is 11.4. The van der Waals surface area contributed by atoms with Crippen molar-refractivity contribution in [1.82, 2.24) is 0 Å². The summed E-state index contributed by atoms with van der Waals surface area (Å²) in [5.41, 5.74) is 0.370. The molecule has 0 unspecified atom stereocenters. The Morgan fingerprint density at radius 1 is 1.31 bits per heavy atom. The second kappa shape index (κ2) is 4.44. The van der Waals surface area contributed by atoms with Gasteiger partial charge in [0, 0.05) is 9.86 Å². The highest BCUT2D eigenvalue weighted by atomic mass is 79.9. The molecule has 2 aromatic carbocycles. The molecular weight excluding hydrogens is 291 g/mol. The molecule has 0 aliphatic carbocycles. The molecule has 2 nitrogen and oxygen atoms in total. The monoisotopic (exact) mass is 298 g/mol. The molecule has 0 N–H and O–H groups in total. The Balaban J connectivity index is 2.90. The van der Waals surface area contributed by atoms with Crippen LogP contribution in [0.15, 0.2) is 34.8 Å². The van der Waals surface area contributed by atoms with E-state index in [1.165, 1.54) is 7.11 Å². The standard InChI is InChI=1S/C12H8BrClO2/c1-16-11-8-5-3-2-4-7(8)10(13)6-9(11)12(14)15/h2-6H,1H3. The molecule has 0 aromatic heterocycles. The minimum atomic E-state index is -0.525. The van der Waals surface area contributed by atoms with Crippen LogP contribution in [0.5, 0.6) is 5.75 Å². The summed E-state index contributed by atoms with van der Waals surface area (Å²) in [6.45, 7) is 0. The van der Waals surface area contributed by atoms with Gasteiger partial charge >= 0.3 is 0 Å². The Labute approximate surface area is 106 Å². The zero-order valence-corrected chi connectivity index (χ0v) is 10.8. The van der Waals surface area contributed by atoms with Gasteiger partial charge in [-0.3, -0.25) is 4.79 Å². The van der Waals surface area contributed by atoms with Gasteiger partial charge in [-0.05, 0) is 23.1 Å². The van der Waals surface area contributed by atoms with Crippen molar-refractivity contribution in [3.8, 4) is 5.75 Å². The molecule has 0 radical (unpaired) electrons. The molecule has 4 heteroatoms. The Morgan fingerprint density at radius 3 is 2.50 bits per heavy atom. The van der Waals surface area contributed by atoms with Crippen molar-refractivity contribution in [3.63, 3.8) is 0 Å². The van der Waals surface area contributed by atoms with Crippen LogP contribution < -0.4 is 4.74 Å². The number of carbonyl (C=O) groups excluding carboxylic acids is 1. The molecular formula is C12H8BrClO2. The predicted molar refractivity (Wildman–Crippen MR) is 68.4 cm³/mol. The van der Waals surface area contributed by atoms with Gasteiger partial charge in [-0.1, -0.05) is 40.2 Å². The number of hydrogen-bond donors (Lipinski definition) is 0. The molecule has 82 valence electrons. The third kappa shape index (κ3) is 1.81. The van der Waals surface area contributed by atoms with Crippen LogP contribution >= 0.6 is 27.5 Å². The zero-order valence-electron chi connectivity index (χ0n) is 8.46. The molecule has 0 atom stereocenters. The second-order valence-corrected chi connectivity index (χ2v) is 4.46. The molecule has 0 bridgehead atoms. The molecule has 0 amide bonds. The summed E-state index contributed by atoms with van der Waals surface area (Å²) in [7, 11) is 1.53. The number of halogens is 2. The predicted octanol–water partition coefficient (Wildman–Crippen LogP) is 3.99. The van der Waals surface area contributed by atoms with Crippen LogP contribution in [-0.2, 0) is 0 Å². The fourth-order valence-electron chi connectivity index (χ4n) is 1.67. The quantitative estimate of drug-likeness (QED) is 0.784. The van der Waals surface area contributed by atoms with E-state index in [-0.39, 0.29) is 0 Å². The van der Waals surface area contributed by atoms with Crippen LogP contribution in [0.1, 0.15) is 10.4 Å². The molecule has 2 rings (SSSR count). The van der Waals surface area contributed by atoms with Crippen molar-refractivity contribution in [1.29, 1.82) is 0 Å². The number of rotatable bonds is 2. The van der Waals surface area contributed by atoms with Gasteiger partial charge in [0.15, 0.2) is 0 Å². The van der Waals surface area contributed by atoms with Crippen molar-refractivity contribution < 1.29 is 9.53 Å². The smallest absolute Gasteiger partial charge is 0.256 e. The first-order valence-corrected chi connectivity index (χ1v) is 5.77. The van der Waals surface area contributed by atoms with E-state index >= 15 is 0 Å². The van der Waals surface area contributed by atoms with Gasteiger partial charge in [0.05, 0.1) is 12.7 Å². The fourth-order valence-corrected chi connectivity index (χ4v) is 2.39. The molecule has 2 aromatic rings. The Kier molecular flexibility index (Phi) is 3.17. The zero-order chi connectivity index (χ0) is 11.7. The van der Waals surface area contributed by atoms with Gasteiger partial charge in [-0.25, -0.2) is 0 Å². The lowest BCUT2D eigenvalue weighted by Crippen LogP contribution is -1.97. The van der Waals surface area contributed by atoms with Crippen LogP contribution in [0.4, 0.5) is 0 Å². The Hall–Kier alpha value is -1.06. The van der Waals surface area contributed by atoms with Gasteiger partial charge in [0.25, 0.3) is 5.24 Å². The number of ether oxygens (including phenoxy) is 1. The van der Waals surface area contributed by atoms with E-state index in [0.717, 1.165) is 15.2 Å². The van der Waals surface area contributed by atoms with Crippen LogP contribution in [0.25, 0.3) is 10.8 Å². The van der Waals surface area contributed by atoms with E-state index < -0.39 is 5.24 Å². The largest absolute Gasteiger partial charge is 0.495 e. The minimum Gasteiger partial charge on any atom is -0.495 e. The van der Waals surface area contributed by atoms with E-state index in [9.17, 15) is 4.79 Å². The van der Waals surface area contributed by atoms with Crippen LogP contribution in [-0.4, -0.2) is 12.4 Å². The highest BCUT2D eigenvalue weighted by molar-refractivity contribution is 9.10. The van der Waals surface area contributed by atoms with Crippen LogP contribution in [0, 0.1) is 0 Å². The van der Waals surface area contributed by atoms with Gasteiger partial charge in [-0.2, -0.15) is 0 Å². The average Bonchev–Trinajstić information content (AvgIpc) is 2.29. The lowest BCUT2D eigenvalue weighted by Gasteiger charge is -2.10. The first-order chi connectivity index (χ1) is 7.65. The molecule has 0 aliphatic rings. The first-order valence-electron chi connectivity index (χ1n) is 4.60. The molecule has 0 heterocycles. The van der Waals surface area contributed by atoms with Crippen molar-refractivity contribution in [3.05, 3.63) is 40.4 Å². The summed E-state index contributed by atoms with van der Waals surface area (Å²) in [5, 5.41) is 1.33. The highest BCUT2D eigenvalue weighted by Gasteiger charge is 2.15. The third-order valence-corrected chi connectivity index (χ3v) is 3.22. The summed E-state index contributed by atoms with van der Waals surface area (Å²) >= 11 is 8.93. The number of methoxy groups -OCH3 is 1. The second-order valence-electron chi connectivity index (χ2n) is 3.26. The molecule has 0 aliphatic heterocycles. The normalized spacial score (nSPS) is 10.4. The fraction of sp³-hybridized carbons (Fsp3) is 0.0833. The van der Waals surface area contributed by atoms with Gasteiger partial charge < -0.3 is 4.74 Å². The molecule has 0 saturated carbocycles. The van der Waals surface area contributed by atoms with E-state index in [4.69, 9.17) is 16.3 Å². The summed E-state index contributed by atoms with van der Waals surface area (Å²) < 4.78 is 6.08. The summed E-state index contributed by atoms with van der Waals surface area (Å²) in [4.78, 5) is 11.3. The van der Waals surface area contributed by atoms with Gasteiger partial charge in [0.1, 0.15) is 5.75 Å². The lowest BCUT2D eigenvalue weighted by molar-refractivity contribution is 0.107. The van der Waals surface area contributed by atoms with Crippen molar-refractivity contribution in [2.75, 3.05) is 7.11 Å².